The van der Waals surface area contributed by atoms with Gasteiger partial charge in [0.2, 0.25) is 5.91 Å². The number of phosphoric ester groups is 1. The van der Waals surface area contributed by atoms with Crippen LogP contribution in [0, 0.1) is 0 Å². The van der Waals surface area contributed by atoms with E-state index in [9.17, 15) is 29.6 Å². The number of phosphoric acid groups is 1. The smallest absolute Gasteiger partial charge is 0.462 e. The lowest BCUT2D eigenvalue weighted by atomic mass is 9.95. The fourth-order valence-electron chi connectivity index (χ4n) is 8.06. The molecule has 11 atom stereocenters. The van der Waals surface area contributed by atoms with Crippen LogP contribution in [-0.4, -0.2) is 119 Å². The SMILES string of the molecule is C=CCOC(=O)O[C@@H]1C(NC(=O)C[C@@H](CC)OC(=O)CC)[C@H](OCC2OC(O[Si](C)(C)C(C)(C)C)C(N=[N+]=[N-])[C@@H](O)[C@H]2OCc2ccccc2)OC(COCc2ccccc2)[C@@H]1OP1(=O)OCc2ccccc2CO1. The first-order valence-electron chi connectivity index (χ1n) is 25.0. The van der Waals surface area contributed by atoms with E-state index in [4.69, 9.17) is 55.9 Å². The second kappa shape index (κ2) is 27.8. The van der Waals surface area contributed by atoms with Crippen LogP contribution in [0.15, 0.2) is 103 Å². The summed E-state index contributed by atoms with van der Waals surface area (Å²) in [5.74, 6) is -1.22. The number of fused-ring (bicyclic) bond motifs is 1. The van der Waals surface area contributed by atoms with E-state index in [0.717, 1.165) is 11.1 Å². The first-order valence-corrected chi connectivity index (χ1v) is 29.4. The van der Waals surface area contributed by atoms with E-state index in [1.165, 1.54) is 6.08 Å². The molecular weight excluding hydrogens is 1010 g/mol. The molecule has 23 heteroatoms. The highest BCUT2D eigenvalue weighted by atomic mass is 31.2. The Kier molecular flexibility index (Phi) is 22.0. The number of carbonyl (C=O) groups excluding carboxylic acids is 3. The lowest BCUT2D eigenvalue weighted by Gasteiger charge is -2.48. The van der Waals surface area contributed by atoms with Crippen molar-refractivity contribution in [2.45, 2.75) is 166 Å². The third-order valence-electron chi connectivity index (χ3n) is 13.3. The van der Waals surface area contributed by atoms with E-state index in [1.807, 2.05) is 94.5 Å². The molecule has 3 aromatic rings. The van der Waals surface area contributed by atoms with E-state index < -0.39 is 108 Å². The van der Waals surface area contributed by atoms with Crippen LogP contribution < -0.4 is 5.32 Å². The van der Waals surface area contributed by atoms with Gasteiger partial charge in [0.25, 0.3) is 0 Å². The molecule has 0 aromatic heterocycles. The Balaban J connectivity index is 1.42. The number of amides is 1. The Morgan fingerprint density at radius 3 is 2.07 bits per heavy atom. The number of aliphatic hydroxyl groups is 1. The Labute approximate surface area is 439 Å². The molecule has 3 aromatic carbocycles. The summed E-state index contributed by atoms with van der Waals surface area (Å²) in [4.78, 5) is 43.5. The minimum atomic E-state index is -4.60. The number of azide groups is 1. The second-order valence-electron chi connectivity index (χ2n) is 19.7. The highest BCUT2D eigenvalue weighted by Gasteiger charge is 2.55. The predicted octanol–water partition coefficient (Wildman–Crippen LogP) is 8.87. The molecule has 0 saturated carbocycles. The highest BCUT2D eigenvalue weighted by Crippen LogP contribution is 2.55. The molecule has 0 radical (unpaired) electrons. The van der Waals surface area contributed by atoms with Crippen molar-refractivity contribution in [2.24, 2.45) is 5.11 Å². The van der Waals surface area contributed by atoms with Gasteiger partial charge in [-0.15, -0.1) is 0 Å². The van der Waals surface area contributed by atoms with Gasteiger partial charge in [-0.05, 0) is 52.3 Å². The number of ether oxygens (including phenoxy) is 8. The Bertz CT molecular complexity index is 2400. The lowest BCUT2D eigenvalue weighted by molar-refractivity contribution is -0.299. The van der Waals surface area contributed by atoms with Crippen LogP contribution in [0.4, 0.5) is 4.79 Å². The van der Waals surface area contributed by atoms with Crippen molar-refractivity contribution >= 4 is 34.2 Å². The molecule has 75 heavy (non-hydrogen) atoms. The third-order valence-corrected chi connectivity index (χ3v) is 19.1. The molecule has 1 amide bonds. The second-order valence-corrected chi connectivity index (χ2v) is 26.1. The van der Waals surface area contributed by atoms with Crippen LogP contribution >= 0.6 is 7.82 Å². The van der Waals surface area contributed by atoms with Gasteiger partial charge in [0.1, 0.15) is 49.2 Å². The molecule has 3 aliphatic rings. The number of carbonyl (C=O) groups is 3. The number of esters is 1. The normalized spacial score (nSPS) is 26.0. The Hall–Kier alpha value is -5.03. The van der Waals surface area contributed by atoms with Crippen molar-refractivity contribution in [1.29, 1.82) is 0 Å². The minimum Gasteiger partial charge on any atom is -0.462 e. The van der Waals surface area contributed by atoms with Crippen LogP contribution in [0.5, 0.6) is 0 Å². The first kappa shape index (κ1) is 59.2. The number of nitrogens with one attached hydrogen (secondary N) is 1. The average Bonchev–Trinajstić information content (AvgIpc) is 3.55. The first-order chi connectivity index (χ1) is 35.9. The van der Waals surface area contributed by atoms with E-state index in [1.54, 1.807) is 38.1 Å². The van der Waals surface area contributed by atoms with E-state index >= 15 is 0 Å². The Morgan fingerprint density at radius 1 is 0.880 bits per heavy atom. The molecule has 21 nitrogen and oxygen atoms in total. The number of nitrogens with zero attached hydrogens (tertiary/aromatic N) is 3. The average molecular weight is 1080 g/mol. The maximum absolute atomic E-state index is 14.8. The van der Waals surface area contributed by atoms with Gasteiger partial charge in [-0.2, -0.15) is 0 Å². The van der Waals surface area contributed by atoms with Gasteiger partial charge in [-0.25, -0.2) is 9.36 Å². The van der Waals surface area contributed by atoms with Gasteiger partial charge >= 0.3 is 19.9 Å². The zero-order valence-electron chi connectivity index (χ0n) is 43.6. The standard InChI is InChI=1S/C52H71N4O17PSi/c1-9-26-63-51(60)71-48-44(54-41(57)27-38(10-2)68-42(58)11-3)49(69-39(32-62-28-34-20-14-12-15-21-34)47(48)72-74(61)66-30-36-24-18-19-25-37(36)31-67-74)65-33-40-46(64-29-35-22-16-13-17-23-35)45(59)43(55-56-53)50(70-40)73-75(7,8)52(4,5)6/h9,12-25,38-40,43-50,59H,1,10-11,26-33H2,2-8H3,(H,54,57)/t38-,39?,40?,43?,44?,45-,46+,47+,48-,49-,50?/m1/s1. The third kappa shape index (κ3) is 16.7. The molecule has 0 spiro atoms. The molecule has 3 heterocycles. The maximum atomic E-state index is 14.8. The van der Waals surface area contributed by atoms with Gasteiger partial charge in [0.15, 0.2) is 27.0 Å². The molecule has 2 N–H and O–H groups in total. The monoisotopic (exact) mass is 1080 g/mol. The summed E-state index contributed by atoms with van der Waals surface area (Å²) in [5.41, 5.74) is 12.7. The number of hydrogen-bond acceptors (Lipinski definition) is 18. The highest BCUT2D eigenvalue weighted by molar-refractivity contribution is 7.48. The zero-order valence-corrected chi connectivity index (χ0v) is 45.5. The van der Waals surface area contributed by atoms with E-state index in [0.29, 0.717) is 11.1 Å². The Morgan fingerprint density at radius 2 is 1.48 bits per heavy atom. The van der Waals surface area contributed by atoms with Crippen LogP contribution in [0.3, 0.4) is 0 Å². The van der Waals surface area contributed by atoms with Crippen molar-refractivity contribution in [3.63, 3.8) is 0 Å². The zero-order chi connectivity index (χ0) is 54.2. The van der Waals surface area contributed by atoms with Crippen molar-refractivity contribution in [1.82, 2.24) is 5.32 Å². The van der Waals surface area contributed by atoms with Crippen molar-refractivity contribution in [3.8, 4) is 0 Å². The summed E-state index contributed by atoms with van der Waals surface area (Å²) in [6, 6.07) is 22.8. The quantitative estimate of drug-likeness (QED) is 0.0161. The van der Waals surface area contributed by atoms with Crippen molar-refractivity contribution in [2.75, 3.05) is 19.8 Å². The molecule has 5 unspecified atom stereocenters. The largest absolute Gasteiger partial charge is 0.509 e. The summed E-state index contributed by atoms with van der Waals surface area (Å²) in [6.07, 6.45) is -12.3. The van der Waals surface area contributed by atoms with Gasteiger partial charge in [0.05, 0.1) is 52.2 Å². The molecule has 410 valence electrons. The van der Waals surface area contributed by atoms with Gasteiger partial charge < -0.3 is 52.7 Å². The number of benzene rings is 3. The van der Waals surface area contributed by atoms with Gasteiger partial charge in [-0.3, -0.25) is 23.2 Å². The van der Waals surface area contributed by atoms with E-state index in [-0.39, 0.29) is 63.9 Å². The molecular formula is C52H71N4O17PSi. The number of rotatable bonds is 24. The minimum absolute atomic E-state index is 0.00313. The number of aliphatic hydroxyl groups excluding tert-OH is 1. The van der Waals surface area contributed by atoms with Gasteiger partial charge in [-0.1, -0.05) is 137 Å². The summed E-state index contributed by atoms with van der Waals surface area (Å²) in [5, 5.41) is 18.6. The number of hydrogen-bond donors (Lipinski definition) is 2. The van der Waals surface area contributed by atoms with Crippen LogP contribution in [-0.2, 0) is 96.5 Å². The maximum Gasteiger partial charge on any atom is 0.509 e. The molecule has 2 saturated heterocycles. The molecule has 3 aliphatic heterocycles. The summed E-state index contributed by atoms with van der Waals surface area (Å²) in [6.45, 7) is 15.7. The summed E-state index contributed by atoms with van der Waals surface area (Å²) >= 11 is 0. The van der Waals surface area contributed by atoms with E-state index in [2.05, 4.69) is 21.9 Å². The fourth-order valence-corrected chi connectivity index (χ4v) is 10.5. The van der Waals surface area contributed by atoms with Crippen LogP contribution in [0.25, 0.3) is 10.4 Å². The molecule has 0 bridgehead atoms. The molecule has 6 rings (SSSR count). The molecule has 2 fully saturated rings. The van der Waals surface area contributed by atoms with Crippen molar-refractivity contribution < 1.29 is 79.9 Å². The summed E-state index contributed by atoms with van der Waals surface area (Å²) < 4.78 is 89.2. The summed E-state index contributed by atoms with van der Waals surface area (Å²) in [7, 11) is -7.31. The lowest BCUT2D eigenvalue weighted by Crippen LogP contribution is -2.67. The van der Waals surface area contributed by atoms with Gasteiger partial charge in [0, 0.05) is 11.3 Å². The van der Waals surface area contributed by atoms with Crippen molar-refractivity contribution in [3.05, 3.63) is 130 Å². The predicted molar refractivity (Wildman–Crippen MR) is 274 cm³/mol. The molecule has 0 aliphatic carbocycles. The van der Waals surface area contributed by atoms with Crippen LogP contribution in [0.1, 0.15) is 76.1 Å². The fraction of sp³-hybridized carbons (Fsp3) is 0.558. The van der Waals surface area contributed by atoms with Crippen LogP contribution in [0.2, 0.25) is 18.1 Å². The topological polar surface area (TPSA) is 260 Å².